The van der Waals surface area contributed by atoms with Crippen molar-refractivity contribution in [2.75, 3.05) is 18.5 Å². The first-order valence-corrected chi connectivity index (χ1v) is 13.1. The van der Waals surface area contributed by atoms with Crippen molar-refractivity contribution in [3.05, 3.63) is 40.4 Å². The molecule has 1 aromatic heterocycles. The number of benzene rings is 1. The van der Waals surface area contributed by atoms with Crippen molar-refractivity contribution in [1.82, 2.24) is 4.98 Å². The first kappa shape index (κ1) is 22.7. The quantitative estimate of drug-likeness (QED) is 0.621. The number of ether oxygens (including phenoxy) is 1. The number of nitrogens with one attached hydrogen (secondary N) is 1. The Balaban J connectivity index is 1.54. The lowest BCUT2D eigenvalue weighted by atomic mass is 9.84. The summed E-state index contributed by atoms with van der Waals surface area (Å²) in [6.45, 7) is 1.37. The molecule has 2 fully saturated rings. The van der Waals surface area contributed by atoms with E-state index in [0.717, 1.165) is 18.4 Å². The molecule has 1 atom stereocenters. The second-order valence-electron chi connectivity index (χ2n) is 8.16. The van der Waals surface area contributed by atoms with Gasteiger partial charge < -0.3 is 15.2 Å². The van der Waals surface area contributed by atoms with Gasteiger partial charge in [-0.1, -0.05) is 35.1 Å². The van der Waals surface area contributed by atoms with E-state index in [4.69, 9.17) is 16.3 Å². The van der Waals surface area contributed by atoms with Crippen LogP contribution < -0.4 is 5.32 Å². The van der Waals surface area contributed by atoms with E-state index >= 15 is 0 Å². The van der Waals surface area contributed by atoms with Crippen molar-refractivity contribution < 1.29 is 23.1 Å². The van der Waals surface area contributed by atoms with Gasteiger partial charge in [0.2, 0.25) is 5.91 Å². The smallest absolute Gasteiger partial charge is 0.233 e. The van der Waals surface area contributed by atoms with Crippen LogP contribution in [-0.2, 0) is 19.4 Å². The van der Waals surface area contributed by atoms with Crippen LogP contribution in [-0.4, -0.2) is 49.0 Å². The number of aliphatic hydroxyl groups excluding tert-OH is 1. The van der Waals surface area contributed by atoms with Crippen LogP contribution in [0.2, 0.25) is 4.34 Å². The summed E-state index contributed by atoms with van der Waals surface area (Å²) in [5.41, 5.74) is 0.763. The molecule has 2 N–H and O–H groups in total. The summed E-state index contributed by atoms with van der Waals surface area (Å²) in [6, 6.07) is 6.58. The fourth-order valence-electron chi connectivity index (χ4n) is 4.09. The minimum Gasteiger partial charge on any atom is -0.393 e. The maximum atomic E-state index is 13.1. The number of hydrogen-bond acceptors (Lipinski definition) is 7. The number of amides is 1. The van der Waals surface area contributed by atoms with E-state index < -0.39 is 27.1 Å². The van der Waals surface area contributed by atoms with Crippen molar-refractivity contribution in [3.63, 3.8) is 0 Å². The van der Waals surface area contributed by atoms with Gasteiger partial charge in [-0.15, -0.1) is 0 Å². The second-order valence-corrected chi connectivity index (χ2v) is 12.1. The Hall–Kier alpha value is -1.52. The number of hydrogen-bond donors (Lipinski definition) is 2. The molecule has 4 rings (SSSR count). The molecule has 1 aromatic carbocycles. The molecule has 1 saturated carbocycles. The Morgan fingerprint density at radius 3 is 2.52 bits per heavy atom. The van der Waals surface area contributed by atoms with E-state index in [0.29, 0.717) is 35.0 Å². The number of thiazole rings is 1. The number of rotatable bonds is 7. The zero-order chi connectivity index (χ0) is 22.0. The van der Waals surface area contributed by atoms with Crippen LogP contribution in [0.3, 0.4) is 0 Å². The molecule has 7 nitrogen and oxygen atoms in total. The van der Waals surface area contributed by atoms with Gasteiger partial charge in [-0.2, -0.15) is 0 Å². The molecule has 2 aliphatic rings. The molecule has 2 aromatic rings. The molecule has 1 aliphatic heterocycles. The molecule has 1 aliphatic carbocycles. The van der Waals surface area contributed by atoms with Gasteiger partial charge in [-0.25, -0.2) is 13.4 Å². The monoisotopic (exact) mass is 484 g/mol. The third kappa shape index (κ3) is 5.28. The zero-order valence-electron chi connectivity index (χ0n) is 16.9. The number of nitrogens with zero attached hydrogens (tertiary/aromatic N) is 1. The summed E-state index contributed by atoms with van der Waals surface area (Å²) in [5, 5.41) is 12.2. The van der Waals surface area contributed by atoms with Gasteiger partial charge in [0.25, 0.3) is 0 Å². The highest BCUT2D eigenvalue weighted by molar-refractivity contribution is 7.92. The molecule has 2 heterocycles. The Bertz CT molecular complexity index is 1010. The fourth-order valence-corrected chi connectivity index (χ4v) is 6.75. The predicted octanol–water partition coefficient (Wildman–Crippen LogP) is 3.63. The van der Waals surface area contributed by atoms with Crippen LogP contribution in [0.1, 0.15) is 43.6 Å². The topological polar surface area (TPSA) is 106 Å². The zero-order valence-corrected chi connectivity index (χ0v) is 19.3. The lowest BCUT2D eigenvalue weighted by Crippen LogP contribution is -2.39. The van der Waals surface area contributed by atoms with Crippen molar-refractivity contribution in [2.24, 2.45) is 5.92 Å². The summed E-state index contributed by atoms with van der Waals surface area (Å²) >= 11 is 7.12. The predicted molar refractivity (Wildman–Crippen MR) is 119 cm³/mol. The first-order valence-electron chi connectivity index (χ1n) is 10.3. The summed E-state index contributed by atoms with van der Waals surface area (Å²) in [5.74, 6) is -0.271. The standard InChI is InChI=1S/C21H25ClN2O5S2/c22-19-12-23-21(30-19)24-20(26)18(9-13-5-7-29-8-6-13)14-1-3-16(4-2-14)31(27,28)17-10-15(25)11-17/h1-4,12-13,15,17-18,25H,5-11H2,(H,23,24,26). The third-order valence-corrected chi connectivity index (χ3v) is 9.28. The minimum absolute atomic E-state index is 0.185. The van der Waals surface area contributed by atoms with E-state index in [-0.39, 0.29) is 23.6 Å². The minimum atomic E-state index is -3.47. The number of sulfone groups is 1. The van der Waals surface area contributed by atoms with Crippen LogP contribution in [0.5, 0.6) is 0 Å². The maximum Gasteiger partial charge on any atom is 0.233 e. The fraction of sp³-hybridized carbons (Fsp3) is 0.524. The SMILES string of the molecule is O=C(Nc1ncc(Cl)s1)C(CC1CCOCC1)c1ccc(S(=O)(=O)C2CC(O)C2)cc1. The van der Waals surface area contributed by atoms with E-state index in [1.165, 1.54) is 17.5 Å². The summed E-state index contributed by atoms with van der Waals surface area (Å²) < 4.78 is 31.4. The molecule has 168 valence electrons. The third-order valence-electron chi connectivity index (χ3n) is 6.05. The van der Waals surface area contributed by atoms with Crippen LogP contribution in [0.15, 0.2) is 35.4 Å². The van der Waals surface area contributed by atoms with Crippen LogP contribution in [0, 0.1) is 5.92 Å². The van der Waals surface area contributed by atoms with Gasteiger partial charge in [0, 0.05) is 13.2 Å². The van der Waals surface area contributed by atoms with Gasteiger partial charge in [0.05, 0.1) is 28.4 Å². The molecular formula is C21H25ClN2O5S2. The number of carbonyl (C=O) groups excluding carboxylic acids is 1. The highest BCUT2D eigenvalue weighted by Crippen LogP contribution is 2.34. The average Bonchev–Trinajstić information content (AvgIpc) is 3.15. The lowest BCUT2D eigenvalue weighted by Gasteiger charge is -2.31. The Morgan fingerprint density at radius 2 is 1.94 bits per heavy atom. The lowest BCUT2D eigenvalue weighted by molar-refractivity contribution is -0.118. The van der Waals surface area contributed by atoms with Crippen LogP contribution >= 0.6 is 22.9 Å². The number of halogens is 1. The Kier molecular flexibility index (Phi) is 6.98. The molecule has 31 heavy (non-hydrogen) atoms. The molecule has 1 amide bonds. The molecule has 0 bridgehead atoms. The number of carbonyl (C=O) groups is 1. The number of anilines is 1. The summed E-state index contributed by atoms with van der Waals surface area (Å²) in [7, 11) is -3.47. The molecular weight excluding hydrogens is 460 g/mol. The van der Waals surface area contributed by atoms with Gasteiger partial charge >= 0.3 is 0 Å². The maximum absolute atomic E-state index is 13.1. The number of aromatic nitrogens is 1. The highest BCUT2D eigenvalue weighted by atomic mass is 35.5. The van der Waals surface area contributed by atoms with E-state index in [9.17, 15) is 18.3 Å². The normalized spacial score (nSPS) is 23.2. The largest absolute Gasteiger partial charge is 0.393 e. The Morgan fingerprint density at radius 1 is 1.26 bits per heavy atom. The summed E-state index contributed by atoms with van der Waals surface area (Å²) in [4.78, 5) is 17.4. The van der Waals surface area contributed by atoms with Crippen LogP contribution in [0.25, 0.3) is 0 Å². The second kappa shape index (κ2) is 9.54. The number of aliphatic hydroxyl groups is 1. The van der Waals surface area contributed by atoms with E-state index in [1.54, 1.807) is 24.3 Å². The van der Waals surface area contributed by atoms with E-state index in [2.05, 4.69) is 10.3 Å². The Labute approximate surface area is 190 Å². The average molecular weight is 485 g/mol. The molecule has 0 radical (unpaired) electrons. The first-order chi connectivity index (χ1) is 14.8. The van der Waals surface area contributed by atoms with Crippen molar-refractivity contribution in [3.8, 4) is 0 Å². The molecule has 1 unspecified atom stereocenters. The van der Waals surface area contributed by atoms with Gasteiger partial charge in [-0.05, 0) is 55.7 Å². The molecule has 1 saturated heterocycles. The van der Waals surface area contributed by atoms with Crippen molar-refractivity contribution >= 4 is 43.8 Å². The van der Waals surface area contributed by atoms with Crippen LogP contribution in [0.4, 0.5) is 5.13 Å². The highest BCUT2D eigenvalue weighted by Gasteiger charge is 2.38. The van der Waals surface area contributed by atoms with E-state index in [1.807, 2.05) is 0 Å². The van der Waals surface area contributed by atoms with Gasteiger partial charge in [0.15, 0.2) is 15.0 Å². The molecule has 10 heteroatoms. The summed E-state index contributed by atoms with van der Waals surface area (Å²) in [6.07, 6.45) is 3.93. The van der Waals surface area contributed by atoms with Crippen molar-refractivity contribution in [1.29, 1.82) is 0 Å². The van der Waals surface area contributed by atoms with Gasteiger partial charge in [0.1, 0.15) is 4.34 Å². The van der Waals surface area contributed by atoms with Gasteiger partial charge in [-0.3, -0.25) is 4.79 Å². The molecule has 0 spiro atoms. The van der Waals surface area contributed by atoms with Crippen molar-refractivity contribution in [2.45, 2.75) is 54.3 Å².